The minimum absolute atomic E-state index is 0.190. The van der Waals surface area contributed by atoms with Crippen LogP contribution >= 0.6 is 0 Å². The number of carbonyl (C=O) groups excluding carboxylic acids is 1. The molecule has 0 bridgehead atoms. The normalized spacial score (nSPS) is 15.2. The van der Waals surface area contributed by atoms with Gasteiger partial charge in [0.15, 0.2) is 0 Å². The number of amides is 1. The van der Waals surface area contributed by atoms with Crippen LogP contribution in [0.5, 0.6) is 0 Å². The summed E-state index contributed by atoms with van der Waals surface area (Å²) < 4.78 is 13.6. The fourth-order valence-corrected chi connectivity index (χ4v) is 1.93. The molecule has 1 unspecified atom stereocenters. The lowest BCUT2D eigenvalue weighted by atomic mass is 9.96. The highest BCUT2D eigenvalue weighted by atomic mass is 19.1. The summed E-state index contributed by atoms with van der Waals surface area (Å²) in [5.41, 5.74) is 0.262. The predicted octanol–water partition coefficient (Wildman–Crippen LogP) is 2.54. The second kappa shape index (κ2) is 7.03. The molecule has 1 amide bonds. The molecule has 0 aromatic heterocycles. The average molecular weight is 281 g/mol. The van der Waals surface area contributed by atoms with Gasteiger partial charge in [0.05, 0.1) is 5.92 Å². The largest absolute Gasteiger partial charge is 0.480 e. The van der Waals surface area contributed by atoms with E-state index in [1.54, 1.807) is 26.0 Å². The molecule has 110 valence electrons. The summed E-state index contributed by atoms with van der Waals surface area (Å²) in [4.78, 5) is 23.3. The predicted molar refractivity (Wildman–Crippen MR) is 73.8 cm³/mol. The van der Waals surface area contributed by atoms with Crippen molar-refractivity contribution in [2.75, 3.05) is 0 Å². The molecule has 3 atom stereocenters. The van der Waals surface area contributed by atoms with Crippen LogP contribution in [0, 0.1) is 11.7 Å². The maximum absolute atomic E-state index is 13.6. The number of carboxylic acids is 1. The SMILES string of the molecule is CC[C@H](C)[C@H](NC(=O)C(C)c1ccccc1F)C(=O)O. The van der Waals surface area contributed by atoms with Gasteiger partial charge in [-0.15, -0.1) is 0 Å². The van der Waals surface area contributed by atoms with Crippen molar-refractivity contribution in [3.8, 4) is 0 Å². The number of carbonyl (C=O) groups is 2. The number of benzene rings is 1. The number of nitrogens with one attached hydrogen (secondary N) is 1. The zero-order chi connectivity index (χ0) is 15.3. The maximum Gasteiger partial charge on any atom is 0.326 e. The van der Waals surface area contributed by atoms with Crippen LogP contribution in [0.4, 0.5) is 4.39 Å². The highest BCUT2D eigenvalue weighted by Crippen LogP contribution is 2.19. The minimum Gasteiger partial charge on any atom is -0.480 e. The van der Waals surface area contributed by atoms with Crippen LogP contribution in [0.3, 0.4) is 0 Å². The van der Waals surface area contributed by atoms with Gasteiger partial charge in [0.2, 0.25) is 5.91 Å². The summed E-state index contributed by atoms with van der Waals surface area (Å²) in [6.07, 6.45) is 0.630. The molecule has 0 saturated carbocycles. The van der Waals surface area contributed by atoms with Gasteiger partial charge in [-0.3, -0.25) is 4.79 Å². The lowest BCUT2D eigenvalue weighted by Gasteiger charge is -2.22. The van der Waals surface area contributed by atoms with E-state index in [0.29, 0.717) is 6.42 Å². The number of carboxylic acid groups (broad SMARTS) is 1. The van der Waals surface area contributed by atoms with Gasteiger partial charge in [-0.05, 0) is 24.5 Å². The van der Waals surface area contributed by atoms with E-state index >= 15 is 0 Å². The standard InChI is InChI=1S/C15H20FNO3/c1-4-9(2)13(15(19)20)17-14(18)10(3)11-7-5-6-8-12(11)16/h5-10,13H,4H2,1-3H3,(H,17,18)(H,19,20)/t9-,10?,13-/m0/s1. The molecule has 2 N–H and O–H groups in total. The van der Waals surface area contributed by atoms with Crippen LogP contribution in [-0.2, 0) is 9.59 Å². The van der Waals surface area contributed by atoms with E-state index in [1.807, 2.05) is 6.92 Å². The highest BCUT2D eigenvalue weighted by molar-refractivity contribution is 5.88. The molecule has 0 saturated heterocycles. The maximum atomic E-state index is 13.6. The summed E-state index contributed by atoms with van der Waals surface area (Å²) in [7, 11) is 0. The molecule has 0 fully saturated rings. The molecular formula is C15H20FNO3. The third-order valence-corrected chi connectivity index (χ3v) is 3.54. The molecule has 0 aliphatic heterocycles. The van der Waals surface area contributed by atoms with Gasteiger partial charge in [-0.2, -0.15) is 0 Å². The van der Waals surface area contributed by atoms with E-state index in [0.717, 1.165) is 0 Å². The molecule has 0 spiro atoms. The van der Waals surface area contributed by atoms with Gasteiger partial charge in [0.1, 0.15) is 11.9 Å². The molecule has 0 radical (unpaired) electrons. The Morgan fingerprint density at radius 1 is 1.30 bits per heavy atom. The zero-order valence-electron chi connectivity index (χ0n) is 11.9. The lowest BCUT2D eigenvalue weighted by Crippen LogP contribution is -2.46. The molecule has 20 heavy (non-hydrogen) atoms. The Balaban J connectivity index is 2.84. The molecule has 1 aromatic rings. The van der Waals surface area contributed by atoms with E-state index in [4.69, 9.17) is 5.11 Å². The van der Waals surface area contributed by atoms with Gasteiger partial charge in [0.25, 0.3) is 0 Å². The van der Waals surface area contributed by atoms with Crippen LogP contribution in [-0.4, -0.2) is 23.0 Å². The zero-order valence-corrected chi connectivity index (χ0v) is 11.9. The summed E-state index contributed by atoms with van der Waals surface area (Å²) in [5.74, 6) is -2.95. The smallest absolute Gasteiger partial charge is 0.326 e. The first-order valence-corrected chi connectivity index (χ1v) is 6.66. The Morgan fingerprint density at radius 2 is 1.90 bits per heavy atom. The molecule has 0 aliphatic rings. The quantitative estimate of drug-likeness (QED) is 0.842. The Morgan fingerprint density at radius 3 is 2.40 bits per heavy atom. The molecular weight excluding hydrogens is 261 g/mol. The van der Waals surface area contributed by atoms with Crippen LogP contribution in [0.2, 0.25) is 0 Å². The van der Waals surface area contributed by atoms with Crippen molar-refractivity contribution < 1.29 is 19.1 Å². The van der Waals surface area contributed by atoms with E-state index in [-0.39, 0.29) is 11.5 Å². The number of aliphatic carboxylic acids is 1. The van der Waals surface area contributed by atoms with Gasteiger partial charge < -0.3 is 10.4 Å². The first kappa shape index (κ1) is 16.1. The highest BCUT2D eigenvalue weighted by Gasteiger charge is 2.28. The second-order valence-electron chi connectivity index (χ2n) is 4.95. The fraction of sp³-hybridized carbons (Fsp3) is 0.467. The van der Waals surface area contributed by atoms with Crippen molar-refractivity contribution in [3.05, 3.63) is 35.6 Å². The van der Waals surface area contributed by atoms with Crippen molar-refractivity contribution in [2.45, 2.75) is 39.2 Å². The van der Waals surface area contributed by atoms with Crippen molar-refractivity contribution in [1.82, 2.24) is 5.32 Å². The summed E-state index contributed by atoms with van der Waals surface area (Å²) in [6.45, 7) is 5.17. The summed E-state index contributed by atoms with van der Waals surface area (Å²) >= 11 is 0. The molecule has 1 rings (SSSR count). The van der Waals surface area contributed by atoms with Crippen LogP contribution in [0.25, 0.3) is 0 Å². The molecule has 1 aromatic carbocycles. The Bertz CT molecular complexity index is 490. The number of hydrogen-bond donors (Lipinski definition) is 2. The molecule has 0 aliphatic carbocycles. The van der Waals surface area contributed by atoms with Crippen LogP contribution in [0.1, 0.15) is 38.7 Å². The van der Waals surface area contributed by atoms with Gasteiger partial charge in [-0.25, -0.2) is 9.18 Å². The van der Waals surface area contributed by atoms with Crippen LogP contribution < -0.4 is 5.32 Å². The minimum atomic E-state index is -1.08. The van der Waals surface area contributed by atoms with Crippen molar-refractivity contribution in [3.63, 3.8) is 0 Å². The Hall–Kier alpha value is -1.91. The first-order chi connectivity index (χ1) is 9.38. The van der Waals surface area contributed by atoms with Crippen molar-refractivity contribution >= 4 is 11.9 Å². The molecule has 0 heterocycles. The van der Waals surface area contributed by atoms with E-state index < -0.39 is 29.7 Å². The third kappa shape index (κ3) is 3.79. The average Bonchev–Trinajstić information content (AvgIpc) is 2.43. The van der Waals surface area contributed by atoms with Gasteiger partial charge >= 0.3 is 5.97 Å². The topological polar surface area (TPSA) is 66.4 Å². The third-order valence-electron chi connectivity index (χ3n) is 3.54. The van der Waals surface area contributed by atoms with E-state index in [2.05, 4.69) is 5.32 Å². The monoisotopic (exact) mass is 281 g/mol. The summed E-state index contributed by atoms with van der Waals surface area (Å²) in [5, 5.41) is 11.6. The lowest BCUT2D eigenvalue weighted by molar-refractivity contribution is -0.143. The van der Waals surface area contributed by atoms with E-state index in [9.17, 15) is 14.0 Å². The summed E-state index contributed by atoms with van der Waals surface area (Å²) in [6, 6.07) is 5.04. The Kier molecular flexibility index (Phi) is 5.67. The van der Waals surface area contributed by atoms with Crippen LogP contribution in [0.15, 0.2) is 24.3 Å². The van der Waals surface area contributed by atoms with Crippen molar-refractivity contribution in [1.29, 1.82) is 0 Å². The second-order valence-corrected chi connectivity index (χ2v) is 4.95. The molecule has 5 heteroatoms. The number of hydrogen-bond acceptors (Lipinski definition) is 2. The van der Waals surface area contributed by atoms with Crippen molar-refractivity contribution in [2.24, 2.45) is 5.92 Å². The molecule has 4 nitrogen and oxygen atoms in total. The number of halogens is 1. The fourth-order valence-electron chi connectivity index (χ4n) is 1.93. The Labute approximate surface area is 118 Å². The van der Waals surface area contributed by atoms with Gasteiger partial charge in [0, 0.05) is 0 Å². The van der Waals surface area contributed by atoms with E-state index in [1.165, 1.54) is 12.1 Å². The first-order valence-electron chi connectivity index (χ1n) is 6.66. The number of rotatable bonds is 6. The van der Waals surface area contributed by atoms with Gasteiger partial charge in [-0.1, -0.05) is 38.5 Å².